The number of carboxylic acids is 2. The van der Waals surface area contributed by atoms with E-state index in [1.165, 1.54) is 0 Å². The normalized spacial score (nSPS) is 12.8. The molecule has 0 aliphatic rings. The SMILES string of the molecule is CC(C)N[C@H](C=O)CC(C(=O)O)C(=O)O. The molecule has 6 nitrogen and oxygen atoms in total. The molecule has 0 aliphatic carbocycles. The second-order valence-electron chi connectivity index (χ2n) is 3.53. The van der Waals surface area contributed by atoms with Crippen molar-refractivity contribution < 1.29 is 24.6 Å². The lowest BCUT2D eigenvalue weighted by molar-refractivity contribution is -0.155. The number of carbonyl (C=O) groups excluding carboxylic acids is 1. The van der Waals surface area contributed by atoms with Gasteiger partial charge >= 0.3 is 11.9 Å². The molecule has 0 heterocycles. The highest BCUT2D eigenvalue weighted by Crippen LogP contribution is 2.07. The van der Waals surface area contributed by atoms with Crippen LogP contribution in [0.25, 0.3) is 0 Å². The van der Waals surface area contributed by atoms with E-state index in [1.807, 2.05) is 0 Å². The van der Waals surface area contributed by atoms with Gasteiger partial charge in [0.25, 0.3) is 0 Å². The maximum atomic E-state index is 10.6. The Morgan fingerprint density at radius 1 is 1.27 bits per heavy atom. The van der Waals surface area contributed by atoms with Crippen LogP contribution in [-0.4, -0.2) is 40.5 Å². The first-order valence-corrected chi connectivity index (χ1v) is 4.55. The highest BCUT2D eigenvalue weighted by molar-refractivity contribution is 5.93. The van der Waals surface area contributed by atoms with E-state index in [-0.39, 0.29) is 12.5 Å². The molecule has 0 spiro atoms. The van der Waals surface area contributed by atoms with Crippen molar-refractivity contribution in [1.82, 2.24) is 5.32 Å². The van der Waals surface area contributed by atoms with Crippen LogP contribution in [0.5, 0.6) is 0 Å². The molecule has 15 heavy (non-hydrogen) atoms. The van der Waals surface area contributed by atoms with Crippen molar-refractivity contribution in [3.8, 4) is 0 Å². The van der Waals surface area contributed by atoms with Gasteiger partial charge in [0.2, 0.25) is 0 Å². The van der Waals surface area contributed by atoms with Gasteiger partial charge in [-0.1, -0.05) is 13.8 Å². The van der Waals surface area contributed by atoms with Gasteiger partial charge < -0.3 is 20.3 Å². The molecule has 1 atom stereocenters. The molecule has 86 valence electrons. The Morgan fingerprint density at radius 3 is 2.00 bits per heavy atom. The average Bonchev–Trinajstić information content (AvgIpc) is 2.10. The molecule has 0 unspecified atom stereocenters. The molecule has 0 bridgehead atoms. The maximum absolute atomic E-state index is 10.6. The molecule has 0 amide bonds. The fourth-order valence-corrected chi connectivity index (χ4v) is 1.15. The Bertz CT molecular complexity index is 237. The van der Waals surface area contributed by atoms with Gasteiger partial charge in [0.15, 0.2) is 5.92 Å². The van der Waals surface area contributed by atoms with Crippen molar-refractivity contribution in [3.05, 3.63) is 0 Å². The monoisotopic (exact) mass is 217 g/mol. The summed E-state index contributed by atoms with van der Waals surface area (Å²) < 4.78 is 0. The minimum Gasteiger partial charge on any atom is -0.481 e. The molecule has 3 N–H and O–H groups in total. The van der Waals surface area contributed by atoms with Crippen LogP contribution in [0.1, 0.15) is 20.3 Å². The minimum absolute atomic E-state index is 0.0107. The first-order chi connectivity index (χ1) is 6.88. The van der Waals surface area contributed by atoms with Crippen LogP contribution < -0.4 is 5.32 Å². The zero-order chi connectivity index (χ0) is 12.0. The third-order valence-electron chi connectivity index (χ3n) is 1.80. The lowest BCUT2D eigenvalue weighted by Crippen LogP contribution is -2.40. The van der Waals surface area contributed by atoms with Gasteiger partial charge in [-0.05, 0) is 6.42 Å². The summed E-state index contributed by atoms with van der Waals surface area (Å²) >= 11 is 0. The van der Waals surface area contributed by atoms with E-state index in [0.29, 0.717) is 6.29 Å². The topological polar surface area (TPSA) is 104 Å². The number of aliphatic carboxylic acids is 2. The molecule has 0 radical (unpaired) electrons. The Morgan fingerprint density at radius 2 is 1.73 bits per heavy atom. The maximum Gasteiger partial charge on any atom is 0.317 e. The molecular formula is C9H15NO5. The first-order valence-electron chi connectivity index (χ1n) is 4.55. The summed E-state index contributed by atoms with van der Waals surface area (Å²) in [5.74, 6) is -4.41. The van der Waals surface area contributed by atoms with E-state index >= 15 is 0 Å². The smallest absolute Gasteiger partial charge is 0.317 e. The van der Waals surface area contributed by atoms with Crippen LogP contribution in [0.3, 0.4) is 0 Å². The van der Waals surface area contributed by atoms with Crippen molar-refractivity contribution in [2.75, 3.05) is 0 Å². The Balaban J connectivity index is 4.42. The molecule has 6 heteroatoms. The van der Waals surface area contributed by atoms with Gasteiger partial charge in [-0.3, -0.25) is 9.59 Å². The molecule has 0 aliphatic heterocycles. The summed E-state index contributed by atoms with van der Waals surface area (Å²) in [7, 11) is 0. The number of carboxylic acid groups (broad SMARTS) is 2. The van der Waals surface area contributed by atoms with E-state index in [1.54, 1.807) is 13.8 Å². The number of carbonyl (C=O) groups is 3. The molecular weight excluding hydrogens is 202 g/mol. The third-order valence-corrected chi connectivity index (χ3v) is 1.80. The standard InChI is InChI=1S/C9H15NO5/c1-5(2)10-6(4-11)3-7(8(12)13)9(14)15/h4-7,10H,3H2,1-2H3,(H,12,13)(H,14,15)/t6-/m0/s1. The third kappa shape index (κ3) is 5.11. The van der Waals surface area contributed by atoms with Gasteiger partial charge in [-0.25, -0.2) is 0 Å². The van der Waals surface area contributed by atoms with E-state index in [2.05, 4.69) is 5.32 Å². The zero-order valence-electron chi connectivity index (χ0n) is 8.64. The van der Waals surface area contributed by atoms with E-state index in [4.69, 9.17) is 10.2 Å². The average molecular weight is 217 g/mol. The van der Waals surface area contributed by atoms with Crippen LogP contribution in [0.15, 0.2) is 0 Å². The number of hydrogen-bond acceptors (Lipinski definition) is 4. The number of aldehydes is 1. The molecule has 0 aromatic carbocycles. The fraction of sp³-hybridized carbons (Fsp3) is 0.667. The van der Waals surface area contributed by atoms with Crippen LogP contribution in [0.2, 0.25) is 0 Å². The van der Waals surface area contributed by atoms with Crippen LogP contribution in [-0.2, 0) is 14.4 Å². The number of hydrogen-bond donors (Lipinski definition) is 3. The summed E-state index contributed by atoms with van der Waals surface area (Å²) in [4.78, 5) is 31.7. The van der Waals surface area contributed by atoms with E-state index in [0.717, 1.165) is 0 Å². The largest absolute Gasteiger partial charge is 0.481 e. The minimum atomic E-state index is -1.55. The summed E-state index contributed by atoms with van der Waals surface area (Å²) in [6.07, 6.45) is 0.283. The van der Waals surface area contributed by atoms with Crippen LogP contribution in [0.4, 0.5) is 0 Å². The Labute approximate surface area is 87.3 Å². The van der Waals surface area contributed by atoms with Gasteiger partial charge in [-0.15, -0.1) is 0 Å². The summed E-state index contributed by atoms with van der Waals surface area (Å²) in [6.45, 7) is 3.57. The van der Waals surface area contributed by atoms with E-state index < -0.39 is 23.9 Å². The molecule has 0 fully saturated rings. The summed E-state index contributed by atoms with van der Waals surface area (Å²) in [6, 6.07) is -0.759. The van der Waals surface area contributed by atoms with Crippen molar-refractivity contribution >= 4 is 18.2 Å². The zero-order valence-corrected chi connectivity index (χ0v) is 8.64. The van der Waals surface area contributed by atoms with Crippen molar-refractivity contribution in [2.24, 2.45) is 5.92 Å². The highest BCUT2D eigenvalue weighted by Gasteiger charge is 2.29. The van der Waals surface area contributed by atoms with Crippen molar-refractivity contribution in [3.63, 3.8) is 0 Å². The Hall–Kier alpha value is -1.43. The lowest BCUT2D eigenvalue weighted by atomic mass is 10.0. The summed E-state index contributed by atoms with van der Waals surface area (Å²) in [5.41, 5.74) is 0. The molecule has 0 aromatic rings. The fourth-order valence-electron chi connectivity index (χ4n) is 1.15. The molecule has 0 saturated heterocycles. The van der Waals surface area contributed by atoms with Crippen molar-refractivity contribution in [2.45, 2.75) is 32.4 Å². The van der Waals surface area contributed by atoms with Crippen LogP contribution >= 0.6 is 0 Å². The quantitative estimate of drug-likeness (QED) is 0.400. The van der Waals surface area contributed by atoms with Crippen LogP contribution in [0, 0.1) is 5.92 Å². The van der Waals surface area contributed by atoms with E-state index in [9.17, 15) is 14.4 Å². The van der Waals surface area contributed by atoms with Crippen molar-refractivity contribution in [1.29, 1.82) is 0 Å². The second-order valence-corrected chi connectivity index (χ2v) is 3.53. The van der Waals surface area contributed by atoms with Gasteiger partial charge in [-0.2, -0.15) is 0 Å². The predicted molar refractivity (Wildman–Crippen MR) is 51.5 cm³/mol. The highest BCUT2D eigenvalue weighted by atomic mass is 16.4. The number of rotatable bonds is 7. The number of nitrogens with one attached hydrogen (secondary N) is 1. The molecule has 0 saturated carbocycles. The van der Waals surface area contributed by atoms with Gasteiger partial charge in [0.1, 0.15) is 6.29 Å². The molecule has 0 rings (SSSR count). The van der Waals surface area contributed by atoms with Gasteiger partial charge in [0, 0.05) is 6.04 Å². The molecule has 0 aromatic heterocycles. The first kappa shape index (κ1) is 13.6. The lowest BCUT2D eigenvalue weighted by Gasteiger charge is -2.17. The van der Waals surface area contributed by atoms with Gasteiger partial charge in [0.05, 0.1) is 6.04 Å². The Kier molecular flexibility index (Phi) is 5.54. The summed E-state index contributed by atoms with van der Waals surface area (Å²) in [5, 5.41) is 20.0. The predicted octanol–water partition coefficient (Wildman–Crippen LogP) is -0.273. The second kappa shape index (κ2) is 6.13.